The number of nitrogens with one attached hydrogen (secondary N) is 1. The average Bonchev–Trinajstić information content (AvgIpc) is 3.24. The van der Waals surface area contributed by atoms with Crippen LogP contribution in [0, 0.1) is 5.41 Å². The normalized spacial score (nSPS) is 17.5. The minimum absolute atomic E-state index is 0.136. The number of benzene rings is 1. The Kier molecular flexibility index (Phi) is 7.79. The smallest absolute Gasteiger partial charge is 0.409 e. The summed E-state index contributed by atoms with van der Waals surface area (Å²) >= 11 is 0. The van der Waals surface area contributed by atoms with Gasteiger partial charge in [-0.25, -0.2) is 9.78 Å². The van der Waals surface area contributed by atoms with Gasteiger partial charge in [0.1, 0.15) is 25.2 Å². The lowest BCUT2D eigenvalue weighted by molar-refractivity contribution is -0.0951. The maximum absolute atomic E-state index is 12.6. The van der Waals surface area contributed by atoms with E-state index in [1.54, 1.807) is 12.5 Å². The van der Waals surface area contributed by atoms with Crippen LogP contribution < -0.4 is 5.32 Å². The molecule has 7 nitrogen and oxygen atoms in total. The molecule has 1 amide bonds. The second kappa shape index (κ2) is 10.2. The lowest BCUT2D eigenvalue weighted by Crippen LogP contribution is -2.43. The molecule has 3 rings (SSSR count). The van der Waals surface area contributed by atoms with Crippen molar-refractivity contribution in [1.82, 2.24) is 10.3 Å². The van der Waals surface area contributed by atoms with Crippen LogP contribution >= 0.6 is 0 Å². The largest absolute Gasteiger partial charge is 0.445 e. The van der Waals surface area contributed by atoms with Gasteiger partial charge in [0.25, 0.3) is 0 Å². The van der Waals surface area contributed by atoms with Gasteiger partial charge in [0.15, 0.2) is 0 Å². The maximum atomic E-state index is 12.6. The number of fused-ring (bicyclic) bond motifs is 1. The molecular weight excluding hydrogens is 424 g/mol. The summed E-state index contributed by atoms with van der Waals surface area (Å²) in [5.41, 5.74) is 2.74. The summed E-state index contributed by atoms with van der Waals surface area (Å²) in [7, 11) is -1.16. The number of hydrogen-bond donors (Lipinski definition) is 1. The number of carbonyl (C=O) groups is 1. The molecule has 8 heteroatoms. The van der Waals surface area contributed by atoms with Crippen molar-refractivity contribution >= 4 is 14.2 Å². The number of carbonyl (C=O) groups excluding carboxylic acids is 1. The van der Waals surface area contributed by atoms with Crippen molar-refractivity contribution in [2.45, 2.75) is 65.1 Å². The van der Waals surface area contributed by atoms with Crippen LogP contribution in [0.15, 0.2) is 35.1 Å². The molecule has 176 valence electrons. The van der Waals surface area contributed by atoms with Crippen molar-refractivity contribution in [3.8, 4) is 11.5 Å². The molecule has 1 aromatic carbocycles. The van der Waals surface area contributed by atoms with E-state index in [4.69, 9.17) is 18.6 Å². The zero-order valence-corrected chi connectivity index (χ0v) is 21.1. The zero-order chi connectivity index (χ0) is 23.4. The van der Waals surface area contributed by atoms with E-state index in [0.29, 0.717) is 19.1 Å². The molecule has 2 atom stereocenters. The van der Waals surface area contributed by atoms with Crippen LogP contribution in [0.1, 0.15) is 38.0 Å². The molecule has 0 saturated heterocycles. The van der Waals surface area contributed by atoms with Crippen molar-refractivity contribution in [3.63, 3.8) is 0 Å². The van der Waals surface area contributed by atoms with Gasteiger partial charge in [-0.3, -0.25) is 5.32 Å². The molecule has 0 radical (unpaired) electrons. The summed E-state index contributed by atoms with van der Waals surface area (Å²) in [6, 6.07) is 7.05. The minimum atomic E-state index is -1.16. The van der Waals surface area contributed by atoms with Gasteiger partial charge in [-0.05, 0) is 29.7 Å². The van der Waals surface area contributed by atoms with Crippen molar-refractivity contribution in [1.29, 1.82) is 0 Å². The van der Waals surface area contributed by atoms with E-state index in [9.17, 15) is 4.79 Å². The van der Waals surface area contributed by atoms with Crippen molar-refractivity contribution in [3.05, 3.63) is 41.8 Å². The number of amides is 1. The fraction of sp³-hybridized carbons (Fsp3) is 0.583. The molecular formula is C24H36N2O5Si. The van der Waals surface area contributed by atoms with E-state index >= 15 is 0 Å². The highest BCUT2D eigenvalue weighted by Gasteiger charge is 2.40. The molecule has 1 aliphatic rings. The quantitative estimate of drug-likeness (QED) is 0.322. The number of oxazole rings is 1. The first kappa shape index (κ1) is 24.5. The van der Waals surface area contributed by atoms with Gasteiger partial charge in [-0.2, -0.15) is 0 Å². The number of ether oxygens (including phenoxy) is 3. The Hall–Kier alpha value is -2.16. The van der Waals surface area contributed by atoms with Crippen molar-refractivity contribution in [2.24, 2.45) is 5.41 Å². The van der Waals surface area contributed by atoms with Crippen molar-refractivity contribution in [2.75, 3.05) is 19.9 Å². The third kappa shape index (κ3) is 6.43. The van der Waals surface area contributed by atoms with Gasteiger partial charge in [0, 0.05) is 25.7 Å². The van der Waals surface area contributed by atoms with Crippen LogP contribution in [0.4, 0.5) is 4.79 Å². The number of rotatable bonds is 8. The van der Waals surface area contributed by atoms with Gasteiger partial charge < -0.3 is 18.6 Å². The number of hydrogen-bond acceptors (Lipinski definition) is 6. The molecule has 2 heterocycles. The van der Waals surface area contributed by atoms with Gasteiger partial charge in [-0.15, -0.1) is 0 Å². The predicted octanol–water partition coefficient (Wildman–Crippen LogP) is 5.41. The monoisotopic (exact) mass is 460 g/mol. The molecule has 0 aliphatic carbocycles. The first-order valence-electron chi connectivity index (χ1n) is 11.2. The zero-order valence-electron chi connectivity index (χ0n) is 20.1. The average molecular weight is 461 g/mol. The summed E-state index contributed by atoms with van der Waals surface area (Å²) in [6.07, 6.45) is 2.59. The highest BCUT2D eigenvalue weighted by Crippen LogP contribution is 2.41. The SMILES string of the molecule is CC(C)(C)[C@H](OC(=O)NCOCC[Si](C)(C)C)C1OCCc2c(-c3ncco3)cccc21. The summed E-state index contributed by atoms with van der Waals surface area (Å²) in [5.74, 6) is 0.587. The molecule has 0 saturated carbocycles. The van der Waals surface area contributed by atoms with Crippen molar-refractivity contribution < 1.29 is 23.4 Å². The summed E-state index contributed by atoms with van der Waals surface area (Å²) in [6.45, 7) is 14.3. The first-order valence-corrected chi connectivity index (χ1v) is 14.9. The highest BCUT2D eigenvalue weighted by atomic mass is 28.3. The van der Waals surface area contributed by atoms with Crippen LogP contribution in [0.3, 0.4) is 0 Å². The molecule has 1 aliphatic heterocycles. The third-order valence-corrected chi connectivity index (χ3v) is 7.21. The van der Waals surface area contributed by atoms with Crippen LogP contribution in [-0.4, -0.2) is 45.2 Å². The number of alkyl carbamates (subject to hydrolysis) is 1. The molecule has 0 spiro atoms. The Balaban J connectivity index is 1.71. The van der Waals surface area contributed by atoms with E-state index in [2.05, 4.69) is 29.9 Å². The Morgan fingerprint density at radius 1 is 1.31 bits per heavy atom. The maximum Gasteiger partial charge on any atom is 0.409 e. The lowest BCUT2D eigenvalue weighted by Gasteiger charge is -2.39. The fourth-order valence-electron chi connectivity index (χ4n) is 3.75. The molecule has 32 heavy (non-hydrogen) atoms. The second-order valence-corrected chi connectivity index (χ2v) is 16.1. The Labute approximate surface area is 191 Å². The van der Waals surface area contributed by atoms with Gasteiger partial charge in [-0.1, -0.05) is 52.5 Å². The van der Waals surface area contributed by atoms with Crippen LogP contribution in [0.2, 0.25) is 25.7 Å². The van der Waals surface area contributed by atoms with Gasteiger partial charge in [0.2, 0.25) is 5.89 Å². The van der Waals surface area contributed by atoms with E-state index in [1.165, 1.54) is 0 Å². The van der Waals surface area contributed by atoms with Gasteiger partial charge >= 0.3 is 6.09 Å². The highest BCUT2D eigenvalue weighted by molar-refractivity contribution is 6.76. The van der Waals surface area contributed by atoms with Crippen LogP contribution in [-0.2, 0) is 20.6 Å². The minimum Gasteiger partial charge on any atom is -0.445 e. The predicted molar refractivity (Wildman–Crippen MR) is 126 cm³/mol. The first-order chi connectivity index (χ1) is 15.1. The van der Waals surface area contributed by atoms with E-state index in [0.717, 1.165) is 29.2 Å². The summed E-state index contributed by atoms with van der Waals surface area (Å²) < 4.78 is 23.2. The second-order valence-electron chi connectivity index (χ2n) is 10.5. The summed E-state index contributed by atoms with van der Waals surface area (Å²) in [5, 5.41) is 2.72. The van der Waals surface area contributed by atoms with Gasteiger partial charge in [0.05, 0.1) is 12.8 Å². The van der Waals surface area contributed by atoms with E-state index < -0.39 is 20.3 Å². The number of nitrogens with zero attached hydrogens (tertiary/aromatic N) is 1. The molecule has 2 aromatic rings. The molecule has 1 aromatic heterocycles. The van der Waals surface area contributed by atoms with E-state index in [1.807, 2.05) is 39.0 Å². The lowest BCUT2D eigenvalue weighted by atomic mass is 9.80. The standard InChI is InChI=1S/C24H36N2O5Si/c1-24(2,3)21(31-23(27)26-16-28-14-15-32(4,5)6)20-18-8-7-9-19(17(18)10-12-29-20)22-25-11-13-30-22/h7-9,11,13,20-21H,10,12,14-16H2,1-6H3,(H,26,27)/t20?,21-/m1/s1. The van der Waals surface area contributed by atoms with Crippen LogP contribution in [0.5, 0.6) is 0 Å². The molecule has 0 fully saturated rings. The summed E-state index contributed by atoms with van der Waals surface area (Å²) in [4.78, 5) is 16.9. The fourth-order valence-corrected chi connectivity index (χ4v) is 4.50. The van der Waals surface area contributed by atoms with Crippen LogP contribution in [0.25, 0.3) is 11.5 Å². The molecule has 1 unspecified atom stereocenters. The Bertz CT molecular complexity index is 887. The third-order valence-electron chi connectivity index (χ3n) is 5.51. The molecule has 0 bridgehead atoms. The number of aromatic nitrogens is 1. The topological polar surface area (TPSA) is 82.8 Å². The Morgan fingerprint density at radius 2 is 2.09 bits per heavy atom. The van der Waals surface area contributed by atoms with E-state index in [-0.39, 0.29) is 18.2 Å². The Morgan fingerprint density at radius 3 is 2.75 bits per heavy atom. The molecule has 1 N–H and O–H groups in total.